The van der Waals surface area contributed by atoms with Gasteiger partial charge in [-0.2, -0.15) is 5.10 Å². The molecule has 0 aliphatic carbocycles. The number of carbonyl (C=O) groups excluding carboxylic acids is 1. The maximum absolute atomic E-state index is 12.7. The second-order valence-corrected chi connectivity index (χ2v) is 5.61. The van der Waals surface area contributed by atoms with Gasteiger partial charge in [0.25, 0.3) is 5.91 Å². The molecule has 1 amide bonds. The number of hydrogen-bond donors (Lipinski definition) is 1. The molecule has 1 unspecified atom stereocenters. The highest BCUT2D eigenvalue weighted by atomic mass is 16.4. The molecule has 6 heteroatoms. The SMILES string of the molecule is CCc1cc(C(=O)N2CCC(CC)(C(=O)O)C2)n(CC)n1. The molecule has 0 spiro atoms. The predicted molar refractivity (Wildman–Crippen MR) is 78.2 cm³/mol. The van der Waals surface area contributed by atoms with Gasteiger partial charge in [-0.3, -0.25) is 14.3 Å². The highest BCUT2D eigenvalue weighted by molar-refractivity contribution is 5.93. The molecule has 0 bridgehead atoms. The number of hydrogen-bond acceptors (Lipinski definition) is 3. The minimum atomic E-state index is -0.807. The van der Waals surface area contributed by atoms with E-state index in [1.807, 2.05) is 26.8 Å². The molecular formula is C15H23N3O3. The van der Waals surface area contributed by atoms with Gasteiger partial charge in [-0.15, -0.1) is 0 Å². The number of carboxylic acids is 1. The van der Waals surface area contributed by atoms with Crippen LogP contribution in [0.25, 0.3) is 0 Å². The fourth-order valence-corrected chi connectivity index (χ4v) is 2.88. The van der Waals surface area contributed by atoms with E-state index in [2.05, 4.69) is 5.10 Å². The Kier molecular flexibility index (Phi) is 4.34. The molecule has 1 atom stereocenters. The summed E-state index contributed by atoms with van der Waals surface area (Å²) in [5, 5.41) is 13.8. The Morgan fingerprint density at radius 3 is 2.57 bits per heavy atom. The smallest absolute Gasteiger partial charge is 0.311 e. The molecule has 116 valence electrons. The lowest BCUT2D eigenvalue weighted by atomic mass is 9.84. The van der Waals surface area contributed by atoms with E-state index in [1.54, 1.807) is 9.58 Å². The fraction of sp³-hybridized carbons (Fsp3) is 0.667. The van der Waals surface area contributed by atoms with Crippen LogP contribution in [-0.4, -0.2) is 44.8 Å². The summed E-state index contributed by atoms with van der Waals surface area (Å²) in [4.78, 5) is 25.8. The number of aliphatic carboxylic acids is 1. The molecule has 2 rings (SSSR count). The quantitative estimate of drug-likeness (QED) is 0.898. The zero-order valence-corrected chi connectivity index (χ0v) is 12.9. The summed E-state index contributed by atoms with van der Waals surface area (Å²) in [6.07, 6.45) is 1.84. The van der Waals surface area contributed by atoms with Crippen molar-refractivity contribution < 1.29 is 14.7 Å². The van der Waals surface area contributed by atoms with Crippen LogP contribution in [0.5, 0.6) is 0 Å². The Morgan fingerprint density at radius 2 is 2.10 bits per heavy atom. The van der Waals surface area contributed by atoms with Crippen LogP contribution < -0.4 is 0 Å². The van der Waals surface area contributed by atoms with E-state index >= 15 is 0 Å². The molecule has 1 aliphatic heterocycles. The maximum Gasteiger partial charge on any atom is 0.311 e. The van der Waals surface area contributed by atoms with Gasteiger partial charge < -0.3 is 10.0 Å². The highest BCUT2D eigenvalue weighted by Crippen LogP contribution is 2.34. The van der Waals surface area contributed by atoms with Crippen LogP contribution in [0, 0.1) is 5.41 Å². The van der Waals surface area contributed by atoms with Crippen molar-refractivity contribution in [2.45, 2.75) is 46.6 Å². The molecule has 0 aromatic carbocycles. The molecule has 1 N–H and O–H groups in total. The molecular weight excluding hydrogens is 270 g/mol. The molecule has 1 fully saturated rings. The number of amides is 1. The Bertz CT molecular complexity index is 552. The van der Waals surface area contributed by atoms with E-state index in [9.17, 15) is 14.7 Å². The molecule has 0 radical (unpaired) electrons. The van der Waals surface area contributed by atoms with Crippen molar-refractivity contribution in [3.05, 3.63) is 17.5 Å². The van der Waals surface area contributed by atoms with E-state index in [0.717, 1.165) is 12.1 Å². The van der Waals surface area contributed by atoms with Crippen LogP contribution in [0.15, 0.2) is 6.07 Å². The third kappa shape index (κ3) is 2.66. The van der Waals surface area contributed by atoms with Crippen LogP contribution in [0.3, 0.4) is 0 Å². The first-order valence-corrected chi connectivity index (χ1v) is 7.56. The minimum absolute atomic E-state index is 0.111. The third-order valence-electron chi connectivity index (χ3n) is 4.48. The van der Waals surface area contributed by atoms with Gasteiger partial charge in [-0.25, -0.2) is 0 Å². The normalized spacial score (nSPS) is 21.8. The van der Waals surface area contributed by atoms with Crippen molar-refractivity contribution in [1.29, 1.82) is 0 Å². The molecule has 1 aromatic rings. The average molecular weight is 293 g/mol. The van der Waals surface area contributed by atoms with E-state index in [1.165, 1.54) is 0 Å². The van der Waals surface area contributed by atoms with Crippen molar-refractivity contribution in [2.24, 2.45) is 5.41 Å². The summed E-state index contributed by atoms with van der Waals surface area (Å²) < 4.78 is 1.70. The molecule has 2 heterocycles. The summed E-state index contributed by atoms with van der Waals surface area (Å²) >= 11 is 0. The molecule has 1 saturated heterocycles. The van der Waals surface area contributed by atoms with Crippen LogP contribution in [-0.2, 0) is 17.8 Å². The van der Waals surface area contributed by atoms with Gasteiger partial charge in [0.1, 0.15) is 5.69 Å². The Labute approximate surface area is 124 Å². The van der Waals surface area contributed by atoms with Crippen molar-refractivity contribution in [2.75, 3.05) is 13.1 Å². The van der Waals surface area contributed by atoms with Crippen molar-refractivity contribution in [3.8, 4) is 0 Å². The summed E-state index contributed by atoms with van der Waals surface area (Å²) in [5.74, 6) is -0.917. The standard InChI is InChI=1S/C15H23N3O3/c1-4-11-9-12(18(6-3)16-11)13(19)17-8-7-15(5-2,10-17)14(20)21/h9H,4-8,10H2,1-3H3,(H,20,21). The van der Waals surface area contributed by atoms with E-state index in [0.29, 0.717) is 31.6 Å². The molecule has 1 aromatic heterocycles. The fourth-order valence-electron chi connectivity index (χ4n) is 2.88. The first-order valence-electron chi connectivity index (χ1n) is 7.56. The second kappa shape index (κ2) is 5.87. The van der Waals surface area contributed by atoms with Crippen LogP contribution in [0.2, 0.25) is 0 Å². The highest BCUT2D eigenvalue weighted by Gasteiger charge is 2.45. The molecule has 21 heavy (non-hydrogen) atoms. The first kappa shape index (κ1) is 15.5. The second-order valence-electron chi connectivity index (χ2n) is 5.61. The van der Waals surface area contributed by atoms with Gasteiger partial charge in [0.05, 0.1) is 11.1 Å². The minimum Gasteiger partial charge on any atom is -0.481 e. The van der Waals surface area contributed by atoms with E-state index in [-0.39, 0.29) is 12.5 Å². The first-order chi connectivity index (χ1) is 9.97. The largest absolute Gasteiger partial charge is 0.481 e. The third-order valence-corrected chi connectivity index (χ3v) is 4.48. The Hall–Kier alpha value is -1.85. The number of nitrogens with zero attached hydrogens (tertiary/aromatic N) is 3. The van der Waals surface area contributed by atoms with E-state index < -0.39 is 11.4 Å². The number of likely N-dealkylation sites (tertiary alicyclic amines) is 1. The van der Waals surface area contributed by atoms with Gasteiger partial charge >= 0.3 is 5.97 Å². The van der Waals surface area contributed by atoms with Gasteiger partial charge in [0, 0.05) is 19.6 Å². The predicted octanol–water partition coefficient (Wildman–Crippen LogP) is 1.79. The molecule has 1 aliphatic rings. The van der Waals surface area contributed by atoms with Gasteiger partial charge in [0.15, 0.2) is 0 Å². The van der Waals surface area contributed by atoms with Crippen LogP contribution in [0.4, 0.5) is 0 Å². The van der Waals surface area contributed by atoms with Gasteiger partial charge in [-0.1, -0.05) is 13.8 Å². The van der Waals surface area contributed by atoms with Crippen molar-refractivity contribution >= 4 is 11.9 Å². The number of carbonyl (C=O) groups is 2. The summed E-state index contributed by atoms with van der Waals surface area (Å²) in [5.41, 5.74) is 0.659. The van der Waals surface area contributed by atoms with Crippen LogP contribution in [0.1, 0.15) is 49.8 Å². The van der Waals surface area contributed by atoms with E-state index in [4.69, 9.17) is 0 Å². The lowest BCUT2D eigenvalue weighted by Crippen LogP contribution is -2.37. The molecule has 6 nitrogen and oxygen atoms in total. The van der Waals surface area contributed by atoms with Crippen molar-refractivity contribution in [1.82, 2.24) is 14.7 Å². The zero-order valence-electron chi connectivity index (χ0n) is 12.9. The Balaban J connectivity index is 2.22. The monoisotopic (exact) mass is 293 g/mol. The van der Waals surface area contributed by atoms with Crippen molar-refractivity contribution in [3.63, 3.8) is 0 Å². The topological polar surface area (TPSA) is 75.4 Å². The number of aryl methyl sites for hydroxylation is 2. The zero-order chi connectivity index (χ0) is 15.6. The van der Waals surface area contributed by atoms with Gasteiger partial charge in [0.2, 0.25) is 0 Å². The lowest BCUT2D eigenvalue weighted by Gasteiger charge is -2.23. The van der Waals surface area contributed by atoms with Crippen LogP contribution >= 0.6 is 0 Å². The number of aromatic nitrogens is 2. The lowest BCUT2D eigenvalue weighted by molar-refractivity contribution is -0.148. The summed E-state index contributed by atoms with van der Waals surface area (Å²) in [6, 6.07) is 1.82. The number of rotatable bonds is 5. The summed E-state index contributed by atoms with van der Waals surface area (Å²) in [6.45, 7) is 7.23. The number of carboxylic acid groups (broad SMARTS) is 1. The van der Waals surface area contributed by atoms with Gasteiger partial charge in [-0.05, 0) is 32.3 Å². The average Bonchev–Trinajstić information content (AvgIpc) is 3.11. The summed E-state index contributed by atoms with van der Waals surface area (Å²) in [7, 11) is 0. The maximum atomic E-state index is 12.7. The Morgan fingerprint density at radius 1 is 1.38 bits per heavy atom. The molecule has 0 saturated carbocycles.